The monoisotopic (exact) mass is 250 g/mol. The number of ketones is 1. The predicted molar refractivity (Wildman–Crippen MR) is 65.8 cm³/mol. The maximum Gasteiger partial charge on any atom is 0.136 e. The Kier molecular flexibility index (Phi) is 2.20. The van der Waals surface area contributed by atoms with E-state index in [4.69, 9.17) is 11.6 Å². The van der Waals surface area contributed by atoms with Crippen LogP contribution in [0.4, 0.5) is 0 Å². The fourth-order valence-corrected chi connectivity index (χ4v) is 3.76. The van der Waals surface area contributed by atoms with Gasteiger partial charge in [0.15, 0.2) is 0 Å². The Bertz CT molecular complexity index is 475. The van der Waals surface area contributed by atoms with Crippen LogP contribution >= 0.6 is 11.6 Å². The maximum atomic E-state index is 11.4. The van der Waals surface area contributed by atoms with Crippen LogP contribution in [0, 0.1) is 10.8 Å². The van der Waals surface area contributed by atoms with Crippen LogP contribution in [0.15, 0.2) is 24.3 Å². The first-order valence-electron chi connectivity index (χ1n) is 5.92. The van der Waals surface area contributed by atoms with E-state index in [9.17, 15) is 9.90 Å². The second-order valence-corrected chi connectivity index (χ2v) is 6.12. The van der Waals surface area contributed by atoms with Gasteiger partial charge in [0.25, 0.3) is 0 Å². The number of carbonyl (C=O) groups excluding carboxylic acids is 1. The van der Waals surface area contributed by atoms with Crippen LogP contribution in [0.3, 0.4) is 0 Å². The number of hydrogen-bond acceptors (Lipinski definition) is 2. The highest BCUT2D eigenvalue weighted by Crippen LogP contribution is 2.77. The van der Waals surface area contributed by atoms with Crippen molar-refractivity contribution in [3.05, 3.63) is 34.9 Å². The number of rotatable bonds is 3. The number of aliphatic hydroxyl groups excluding tert-OH is 1. The van der Waals surface area contributed by atoms with E-state index in [1.54, 1.807) is 13.0 Å². The molecule has 1 N–H and O–H groups in total. The molecule has 0 spiro atoms. The molecule has 1 atom stereocenters. The van der Waals surface area contributed by atoms with Crippen molar-refractivity contribution < 1.29 is 9.90 Å². The van der Waals surface area contributed by atoms with Gasteiger partial charge in [-0.15, -0.1) is 0 Å². The Morgan fingerprint density at radius 1 is 1.41 bits per heavy atom. The molecule has 0 saturated heterocycles. The summed E-state index contributed by atoms with van der Waals surface area (Å²) in [5.74, 6) is 0.276. The van der Waals surface area contributed by atoms with Gasteiger partial charge in [-0.05, 0) is 43.9 Å². The topological polar surface area (TPSA) is 37.3 Å². The third kappa shape index (κ3) is 1.40. The summed E-state index contributed by atoms with van der Waals surface area (Å²) in [5.41, 5.74) is 0.713. The van der Waals surface area contributed by atoms with Gasteiger partial charge in [0.1, 0.15) is 5.78 Å². The van der Waals surface area contributed by atoms with Crippen LogP contribution in [0.25, 0.3) is 0 Å². The van der Waals surface area contributed by atoms with E-state index < -0.39 is 6.10 Å². The largest absolute Gasteiger partial charge is 0.388 e. The molecule has 0 aliphatic heterocycles. The molecule has 1 unspecified atom stereocenters. The van der Waals surface area contributed by atoms with Crippen molar-refractivity contribution in [1.29, 1.82) is 0 Å². The molecular weight excluding hydrogens is 236 g/mol. The molecule has 3 saturated carbocycles. The highest BCUT2D eigenvalue weighted by atomic mass is 35.5. The maximum absolute atomic E-state index is 11.4. The number of hydrogen-bond donors (Lipinski definition) is 1. The fourth-order valence-electron chi connectivity index (χ4n) is 3.56. The Hall–Kier alpha value is -0.860. The molecule has 90 valence electrons. The lowest BCUT2D eigenvalue weighted by Crippen LogP contribution is -2.67. The highest BCUT2D eigenvalue weighted by Gasteiger charge is 2.72. The highest BCUT2D eigenvalue weighted by molar-refractivity contribution is 6.30. The first kappa shape index (κ1) is 11.2. The van der Waals surface area contributed by atoms with Crippen LogP contribution in [-0.2, 0) is 4.79 Å². The smallest absolute Gasteiger partial charge is 0.136 e. The predicted octanol–water partition coefficient (Wildman–Crippen LogP) is 3.13. The molecule has 17 heavy (non-hydrogen) atoms. The molecule has 0 radical (unpaired) electrons. The summed E-state index contributed by atoms with van der Waals surface area (Å²) in [5, 5.41) is 11.0. The van der Waals surface area contributed by atoms with Crippen molar-refractivity contribution in [3.63, 3.8) is 0 Å². The van der Waals surface area contributed by atoms with Gasteiger partial charge in [0.05, 0.1) is 6.10 Å². The van der Waals surface area contributed by atoms with E-state index in [-0.39, 0.29) is 16.6 Å². The summed E-state index contributed by atoms with van der Waals surface area (Å²) in [7, 11) is 0. The molecule has 3 aliphatic rings. The quantitative estimate of drug-likeness (QED) is 0.895. The van der Waals surface area contributed by atoms with Crippen LogP contribution < -0.4 is 0 Å². The lowest BCUT2D eigenvalue weighted by Gasteiger charge is -2.71. The van der Waals surface area contributed by atoms with Crippen molar-refractivity contribution in [2.24, 2.45) is 10.8 Å². The van der Waals surface area contributed by atoms with E-state index in [0.29, 0.717) is 5.02 Å². The van der Waals surface area contributed by atoms with Crippen LogP contribution in [-0.4, -0.2) is 10.9 Å². The molecule has 2 bridgehead atoms. The summed E-state index contributed by atoms with van der Waals surface area (Å²) in [4.78, 5) is 11.4. The molecule has 3 fully saturated rings. The van der Waals surface area contributed by atoms with E-state index >= 15 is 0 Å². The van der Waals surface area contributed by atoms with Crippen LogP contribution in [0.1, 0.15) is 37.9 Å². The summed E-state index contributed by atoms with van der Waals surface area (Å²) in [6.45, 7) is 1.66. The molecule has 3 heteroatoms. The second kappa shape index (κ2) is 3.33. The number of halogens is 1. The Balaban J connectivity index is 1.79. The van der Waals surface area contributed by atoms with E-state index in [1.807, 2.05) is 18.2 Å². The molecule has 1 aromatic carbocycles. The zero-order valence-corrected chi connectivity index (χ0v) is 10.5. The lowest BCUT2D eigenvalue weighted by atomic mass is 9.32. The molecule has 0 heterocycles. The summed E-state index contributed by atoms with van der Waals surface area (Å²) in [6, 6.07) is 7.37. The molecule has 4 rings (SSSR count). The zero-order chi connectivity index (χ0) is 12.3. The third-order valence-electron chi connectivity index (χ3n) is 4.56. The number of aliphatic hydroxyl groups is 1. The molecule has 1 aromatic rings. The SMILES string of the molecule is CC(=O)C12CC(C(O)c3cccc(Cl)c3)(C1)C2. The van der Waals surface area contributed by atoms with Gasteiger partial charge in [-0.3, -0.25) is 4.79 Å². The standard InChI is InChI=1S/C14H15ClO2/c1-9(16)13-6-14(7-13,8-13)12(17)10-3-2-4-11(15)5-10/h2-5,12,17H,6-8H2,1H3. The van der Waals surface area contributed by atoms with Crippen LogP contribution in [0.2, 0.25) is 5.02 Å². The van der Waals surface area contributed by atoms with Crippen molar-refractivity contribution in [1.82, 2.24) is 0 Å². The Morgan fingerprint density at radius 3 is 2.59 bits per heavy atom. The third-order valence-corrected chi connectivity index (χ3v) is 4.80. The summed E-state index contributed by atoms with van der Waals surface area (Å²) >= 11 is 5.93. The van der Waals surface area contributed by atoms with Crippen molar-refractivity contribution >= 4 is 17.4 Å². The molecule has 0 aromatic heterocycles. The van der Waals surface area contributed by atoms with Crippen molar-refractivity contribution in [2.45, 2.75) is 32.3 Å². The molecule has 0 amide bonds. The molecule has 3 aliphatic carbocycles. The van der Waals surface area contributed by atoms with Gasteiger partial charge in [-0.25, -0.2) is 0 Å². The normalized spacial score (nSPS) is 35.7. The average Bonchev–Trinajstić information content (AvgIpc) is 2.12. The molecule has 2 nitrogen and oxygen atoms in total. The van der Waals surface area contributed by atoms with Gasteiger partial charge in [-0.1, -0.05) is 23.7 Å². The van der Waals surface area contributed by atoms with Gasteiger partial charge >= 0.3 is 0 Å². The Morgan fingerprint density at radius 2 is 2.06 bits per heavy atom. The first-order valence-corrected chi connectivity index (χ1v) is 6.30. The minimum absolute atomic E-state index is 0.0592. The molecular formula is C14H15ClO2. The van der Waals surface area contributed by atoms with Gasteiger partial charge in [0.2, 0.25) is 0 Å². The first-order chi connectivity index (χ1) is 7.97. The fraction of sp³-hybridized carbons (Fsp3) is 0.500. The Labute approximate surface area is 106 Å². The lowest BCUT2D eigenvalue weighted by molar-refractivity contribution is -0.245. The summed E-state index contributed by atoms with van der Waals surface area (Å²) < 4.78 is 0. The number of carbonyl (C=O) groups is 1. The van der Waals surface area contributed by atoms with Gasteiger partial charge in [-0.2, -0.15) is 0 Å². The number of Topliss-reactive ketones (excluding diaryl/α,β-unsaturated/α-hetero) is 1. The van der Waals surface area contributed by atoms with E-state index in [2.05, 4.69) is 0 Å². The minimum Gasteiger partial charge on any atom is -0.388 e. The van der Waals surface area contributed by atoms with Crippen molar-refractivity contribution in [2.75, 3.05) is 0 Å². The average molecular weight is 251 g/mol. The van der Waals surface area contributed by atoms with E-state index in [0.717, 1.165) is 24.8 Å². The second-order valence-electron chi connectivity index (χ2n) is 5.69. The zero-order valence-electron chi connectivity index (χ0n) is 9.74. The van der Waals surface area contributed by atoms with Crippen molar-refractivity contribution in [3.8, 4) is 0 Å². The van der Waals surface area contributed by atoms with Gasteiger partial charge in [0, 0.05) is 15.9 Å². The minimum atomic E-state index is -0.484. The van der Waals surface area contributed by atoms with Crippen LogP contribution in [0.5, 0.6) is 0 Å². The van der Waals surface area contributed by atoms with E-state index in [1.165, 1.54) is 0 Å². The summed E-state index contributed by atoms with van der Waals surface area (Å²) in [6.07, 6.45) is 2.03. The van der Waals surface area contributed by atoms with Gasteiger partial charge < -0.3 is 5.11 Å². The number of benzene rings is 1.